The minimum absolute atomic E-state index is 0.179. The lowest BCUT2D eigenvalue weighted by Crippen LogP contribution is -2.48. The van der Waals surface area contributed by atoms with E-state index in [9.17, 15) is 5.11 Å². The van der Waals surface area contributed by atoms with Gasteiger partial charge in [0, 0.05) is 5.41 Å². The van der Waals surface area contributed by atoms with Crippen LogP contribution in [-0.2, 0) is 0 Å². The topological polar surface area (TPSA) is 20.2 Å². The fourth-order valence-corrected chi connectivity index (χ4v) is 6.22. The van der Waals surface area contributed by atoms with Crippen molar-refractivity contribution in [2.75, 3.05) is 0 Å². The second kappa shape index (κ2) is 4.96. The van der Waals surface area contributed by atoms with Crippen LogP contribution < -0.4 is 0 Å². The summed E-state index contributed by atoms with van der Waals surface area (Å²) in [6.07, 6.45) is 15.7. The maximum absolute atomic E-state index is 9.94. The van der Waals surface area contributed by atoms with Crippen molar-refractivity contribution in [3.8, 4) is 0 Å². The molecule has 0 saturated heterocycles. The molecule has 0 bridgehead atoms. The standard InChI is InChI=1S/C21H28O/c1-4-14-5-7-18-17-8-6-15-12-16(22)9-10-21(15,3)19(17)11-13(2)20(14)18/h4-5,9-10,12-13,16-20,22H,1,6-8,11H2,2-3H3/t13-,16+,17?,18?,19?,20?,21+/m1/s1. The van der Waals surface area contributed by atoms with Crippen LogP contribution in [0.15, 0.2) is 48.1 Å². The van der Waals surface area contributed by atoms with Crippen molar-refractivity contribution in [1.29, 1.82) is 0 Å². The van der Waals surface area contributed by atoms with Gasteiger partial charge >= 0.3 is 0 Å². The summed E-state index contributed by atoms with van der Waals surface area (Å²) in [5.74, 6) is 3.88. The Balaban J connectivity index is 1.69. The minimum Gasteiger partial charge on any atom is -0.385 e. The van der Waals surface area contributed by atoms with Gasteiger partial charge in [-0.15, -0.1) is 0 Å². The van der Waals surface area contributed by atoms with Gasteiger partial charge < -0.3 is 5.11 Å². The summed E-state index contributed by atoms with van der Waals surface area (Å²) in [6, 6.07) is 0. The van der Waals surface area contributed by atoms with Crippen LogP contribution in [0.2, 0.25) is 0 Å². The highest BCUT2D eigenvalue weighted by atomic mass is 16.3. The summed E-state index contributed by atoms with van der Waals surface area (Å²) in [7, 11) is 0. The number of aliphatic hydroxyl groups excluding tert-OH is 1. The average Bonchev–Trinajstić information content (AvgIpc) is 2.94. The van der Waals surface area contributed by atoms with E-state index in [0.717, 1.165) is 29.6 Å². The third-order valence-electron chi connectivity index (χ3n) is 7.23. The Kier molecular flexibility index (Phi) is 3.27. The molecule has 2 saturated carbocycles. The Bertz CT molecular complexity index is 581. The van der Waals surface area contributed by atoms with Crippen molar-refractivity contribution in [3.63, 3.8) is 0 Å². The summed E-state index contributed by atoms with van der Waals surface area (Å²) in [5, 5.41) is 9.94. The van der Waals surface area contributed by atoms with E-state index >= 15 is 0 Å². The molecule has 22 heavy (non-hydrogen) atoms. The van der Waals surface area contributed by atoms with Gasteiger partial charge in [-0.1, -0.05) is 56.4 Å². The fourth-order valence-electron chi connectivity index (χ4n) is 6.22. The molecule has 0 amide bonds. The number of aliphatic hydroxyl groups is 1. The first kappa shape index (κ1) is 14.5. The quantitative estimate of drug-likeness (QED) is 0.697. The van der Waals surface area contributed by atoms with Gasteiger partial charge in [-0.25, -0.2) is 0 Å². The minimum atomic E-state index is -0.367. The Morgan fingerprint density at radius 3 is 2.95 bits per heavy atom. The van der Waals surface area contributed by atoms with Crippen LogP contribution in [0.4, 0.5) is 0 Å². The summed E-state index contributed by atoms with van der Waals surface area (Å²) < 4.78 is 0. The molecule has 1 N–H and O–H groups in total. The normalized spacial score (nSPS) is 49.6. The molecule has 7 atom stereocenters. The fraction of sp³-hybridized carbons (Fsp3) is 0.619. The monoisotopic (exact) mass is 296 g/mol. The van der Waals surface area contributed by atoms with E-state index in [1.54, 1.807) is 0 Å². The van der Waals surface area contributed by atoms with E-state index in [1.165, 1.54) is 36.8 Å². The molecular formula is C21H28O. The number of hydrogen-bond acceptors (Lipinski definition) is 1. The van der Waals surface area contributed by atoms with Crippen LogP contribution in [0.1, 0.15) is 39.5 Å². The van der Waals surface area contributed by atoms with Crippen LogP contribution in [0.25, 0.3) is 0 Å². The highest BCUT2D eigenvalue weighted by Crippen LogP contribution is 2.62. The molecule has 0 aromatic rings. The molecule has 0 spiro atoms. The molecule has 4 aliphatic carbocycles. The van der Waals surface area contributed by atoms with E-state index < -0.39 is 0 Å². The summed E-state index contributed by atoms with van der Waals surface area (Å²) in [6.45, 7) is 8.91. The lowest BCUT2D eigenvalue weighted by Gasteiger charge is -2.55. The number of fused-ring (bicyclic) bond motifs is 5. The van der Waals surface area contributed by atoms with Gasteiger partial charge in [0.15, 0.2) is 0 Å². The van der Waals surface area contributed by atoms with Gasteiger partial charge in [0.25, 0.3) is 0 Å². The van der Waals surface area contributed by atoms with Gasteiger partial charge in [-0.05, 0) is 60.8 Å². The average molecular weight is 296 g/mol. The lowest BCUT2D eigenvalue weighted by atomic mass is 9.49. The molecule has 1 heteroatoms. The first-order valence-corrected chi connectivity index (χ1v) is 8.95. The van der Waals surface area contributed by atoms with E-state index in [1.807, 2.05) is 6.08 Å². The van der Waals surface area contributed by atoms with Crippen molar-refractivity contribution in [2.45, 2.75) is 45.6 Å². The Hall–Kier alpha value is -1.08. The van der Waals surface area contributed by atoms with E-state index in [0.29, 0.717) is 0 Å². The Morgan fingerprint density at radius 2 is 2.18 bits per heavy atom. The molecule has 4 rings (SSSR count). The van der Waals surface area contributed by atoms with E-state index in [4.69, 9.17) is 0 Å². The molecular weight excluding hydrogens is 268 g/mol. The number of allylic oxidation sites excluding steroid dienone is 5. The van der Waals surface area contributed by atoms with Gasteiger partial charge in [0.1, 0.15) is 0 Å². The molecule has 1 nitrogen and oxygen atoms in total. The van der Waals surface area contributed by atoms with Crippen molar-refractivity contribution in [2.24, 2.45) is 35.0 Å². The number of hydrogen-bond donors (Lipinski definition) is 1. The van der Waals surface area contributed by atoms with E-state index in [-0.39, 0.29) is 11.5 Å². The molecule has 0 aliphatic heterocycles. The predicted octanol–water partition coefficient (Wildman–Crippen LogP) is 4.66. The van der Waals surface area contributed by atoms with E-state index in [2.05, 4.69) is 44.7 Å². The zero-order chi connectivity index (χ0) is 15.5. The van der Waals surface area contributed by atoms with Crippen LogP contribution in [-0.4, -0.2) is 11.2 Å². The second-order valence-electron chi connectivity index (χ2n) is 8.18. The van der Waals surface area contributed by atoms with Crippen LogP contribution in [0.5, 0.6) is 0 Å². The SMILES string of the molecule is C=CC1=CCC2C3CCC4=C[C@@H](O)C=C[C@]4(C)C3C[C@@H](C)C12. The molecule has 0 heterocycles. The third-order valence-corrected chi connectivity index (χ3v) is 7.23. The summed E-state index contributed by atoms with van der Waals surface area (Å²) >= 11 is 0. The third kappa shape index (κ3) is 1.88. The predicted molar refractivity (Wildman–Crippen MR) is 91.2 cm³/mol. The highest BCUT2D eigenvalue weighted by molar-refractivity contribution is 5.35. The molecule has 4 unspecified atom stereocenters. The highest BCUT2D eigenvalue weighted by Gasteiger charge is 2.53. The number of rotatable bonds is 1. The zero-order valence-corrected chi connectivity index (χ0v) is 13.8. The second-order valence-corrected chi connectivity index (χ2v) is 8.18. The van der Waals surface area contributed by atoms with Gasteiger partial charge in [0.05, 0.1) is 6.10 Å². The summed E-state index contributed by atoms with van der Waals surface area (Å²) in [4.78, 5) is 0. The molecule has 0 radical (unpaired) electrons. The first-order chi connectivity index (χ1) is 10.5. The van der Waals surface area contributed by atoms with Crippen molar-refractivity contribution in [3.05, 3.63) is 48.1 Å². The maximum Gasteiger partial charge on any atom is 0.0905 e. The molecule has 2 fully saturated rings. The van der Waals surface area contributed by atoms with Gasteiger partial charge in [-0.2, -0.15) is 0 Å². The Morgan fingerprint density at radius 1 is 1.36 bits per heavy atom. The van der Waals surface area contributed by atoms with Crippen molar-refractivity contribution < 1.29 is 5.11 Å². The van der Waals surface area contributed by atoms with Crippen LogP contribution in [0, 0.1) is 35.0 Å². The lowest BCUT2D eigenvalue weighted by molar-refractivity contribution is 0.00410. The molecule has 0 aromatic carbocycles. The molecule has 4 aliphatic rings. The largest absolute Gasteiger partial charge is 0.385 e. The maximum atomic E-state index is 9.94. The smallest absolute Gasteiger partial charge is 0.0905 e. The van der Waals surface area contributed by atoms with Gasteiger partial charge in [-0.3, -0.25) is 0 Å². The Labute approximate surface area is 134 Å². The van der Waals surface area contributed by atoms with Crippen LogP contribution in [0.3, 0.4) is 0 Å². The van der Waals surface area contributed by atoms with Crippen molar-refractivity contribution in [1.82, 2.24) is 0 Å². The van der Waals surface area contributed by atoms with Crippen molar-refractivity contribution >= 4 is 0 Å². The summed E-state index contributed by atoms with van der Waals surface area (Å²) in [5.41, 5.74) is 3.18. The van der Waals surface area contributed by atoms with Gasteiger partial charge in [0.2, 0.25) is 0 Å². The molecule has 118 valence electrons. The zero-order valence-electron chi connectivity index (χ0n) is 13.8. The first-order valence-electron chi connectivity index (χ1n) is 8.95. The van der Waals surface area contributed by atoms with Crippen LogP contribution >= 0.6 is 0 Å². The molecule has 0 aromatic heterocycles.